The van der Waals surface area contributed by atoms with E-state index in [0.29, 0.717) is 23.6 Å². The minimum atomic E-state index is -0.725. The number of nitrogens with one attached hydrogen (secondary N) is 1. The molecular weight excluding hydrogens is 372 g/mol. The van der Waals surface area contributed by atoms with Gasteiger partial charge < -0.3 is 10.5 Å². The van der Waals surface area contributed by atoms with Crippen LogP contribution in [0.3, 0.4) is 0 Å². The number of carbonyl (C=O) groups excluding carboxylic acids is 1. The number of anilines is 2. The summed E-state index contributed by atoms with van der Waals surface area (Å²) in [4.78, 5) is 41.1. The van der Waals surface area contributed by atoms with E-state index in [1.165, 1.54) is 22.6 Å². The molecule has 0 saturated carbocycles. The molecule has 1 aromatic carbocycles. The summed E-state index contributed by atoms with van der Waals surface area (Å²) >= 11 is 5.98. The summed E-state index contributed by atoms with van der Waals surface area (Å²) in [6, 6.07) is 6.37. The third-order valence-corrected chi connectivity index (χ3v) is 4.29. The van der Waals surface area contributed by atoms with Crippen molar-refractivity contribution in [2.45, 2.75) is 26.3 Å². The average Bonchev–Trinajstić information content (AvgIpc) is 2.63. The fraction of sp³-hybridized carbons (Fsp3) is 0.389. The van der Waals surface area contributed by atoms with Gasteiger partial charge in [0.25, 0.3) is 11.5 Å². The monoisotopic (exact) mass is 394 g/mol. The van der Waals surface area contributed by atoms with Crippen LogP contribution in [0.1, 0.15) is 30.1 Å². The molecule has 0 radical (unpaired) electrons. The lowest BCUT2D eigenvalue weighted by molar-refractivity contribution is 0.0975. The predicted molar refractivity (Wildman–Crippen MR) is 106 cm³/mol. The first-order valence-corrected chi connectivity index (χ1v) is 8.97. The standard InChI is InChI=1S/C18H23ClN4O4/c1-3-4-8-23-15(20)14(16(24)21-18(23)26)22(9-10-27-2)17(25)12-6-5-7-13(19)11-12/h5-7,11H,3-4,8-10,20H2,1-2H3,(H,21,24,26). The van der Waals surface area contributed by atoms with Gasteiger partial charge in [-0.3, -0.25) is 24.0 Å². The van der Waals surface area contributed by atoms with Gasteiger partial charge in [0.15, 0.2) is 5.69 Å². The van der Waals surface area contributed by atoms with E-state index in [9.17, 15) is 14.4 Å². The lowest BCUT2D eigenvalue weighted by Crippen LogP contribution is -2.42. The van der Waals surface area contributed by atoms with E-state index in [0.717, 1.165) is 6.42 Å². The van der Waals surface area contributed by atoms with E-state index >= 15 is 0 Å². The fourth-order valence-electron chi connectivity index (χ4n) is 2.65. The Hall–Kier alpha value is -2.58. The van der Waals surface area contributed by atoms with Crippen LogP contribution in [0, 0.1) is 0 Å². The Morgan fingerprint density at radius 3 is 2.74 bits per heavy atom. The molecule has 1 heterocycles. The van der Waals surface area contributed by atoms with Crippen LogP contribution in [-0.2, 0) is 11.3 Å². The number of halogens is 1. The molecule has 0 spiro atoms. The van der Waals surface area contributed by atoms with Crippen LogP contribution >= 0.6 is 11.6 Å². The van der Waals surface area contributed by atoms with Crippen LogP contribution in [0.5, 0.6) is 0 Å². The van der Waals surface area contributed by atoms with E-state index in [2.05, 4.69) is 4.98 Å². The number of hydrogen-bond acceptors (Lipinski definition) is 5. The fourth-order valence-corrected chi connectivity index (χ4v) is 2.84. The third kappa shape index (κ3) is 4.78. The number of H-pyrrole nitrogens is 1. The van der Waals surface area contributed by atoms with Crippen LogP contribution in [0.2, 0.25) is 5.02 Å². The Kier molecular flexibility index (Phi) is 7.20. The highest BCUT2D eigenvalue weighted by Crippen LogP contribution is 2.21. The zero-order chi connectivity index (χ0) is 20.0. The largest absolute Gasteiger partial charge is 0.383 e. The van der Waals surface area contributed by atoms with Crippen molar-refractivity contribution < 1.29 is 9.53 Å². The third-order valence-electron chi connectivity index (χ3n) is 4.06. The lowest BCUT2D eigenvalue weighted by atomic mass is 10.2. The van der Waals surface area contributed by atoms with Crippen LogP contribution < -0.4 is 21.9 Å². The zero-order valence-electron chi connectivity index (χ0n) is 15.3. The number of unbranched alkanes of at least 4 members (excludes halogenated alkanes) is 1. The molecular formula is C18H23ClN4O4. The molecule has 0 fully saturated rings. The molecule has 27 heavy (non-hydrogen) atoms. The lowest BCUT2D eigenvalue weighted by Gasteiger charge is -2.24. The number of rotatable bonds is 8. The SMILES string of the molecule is CCCCn1c(N)c(N(CCOC)C(=O)c2cccc(Cl)c2)c(=O)[nH]c1=O. The molecule has 0 aliphatic rings. The average molecular weight is 395 g/mol. The highest BCUT2D eigenvalue weighted by atomic mass is 35.5. The smallest absolute Gasteiger partial charge is 0.330 e. The number of methoxy groups -OCH3 is 1. The van der Waals surface area contributed by atoms with Crippen LogP contribution in [0.4, 0.5) is 11.5 Å². The summed E-state index contributed by atoms with van der Waals surface area (Å²) in [6.07, 6.45) is 1.55. The highest BCUT2D eigenvalue weighted by Gasteiger charge is 2.25. The summed E-state index contributed by atoms with van der Waals surface area (Å²) in [6.45, 7) is 2.58. The maximum atomic E-state index is 13.0. The number of nitrogens with two attached hydrogens (primary N) is 1. The van der Waals surface area contributed by atoms with E-state index in [4.69, 9.17) is 22.1 Å². The molecule has 0 saturated heterocycles. The van der Waals surface area contributed by atoms with Crippen molar-refractivity contribution in [1.29, 1.82) is 0 Å². The van der Waals surface area contributed by atoms with Crippen molar-refractivity contribution in [3.05, 3.63) is 55.7 Å². The normalized spacial score (nSPS) is 10.8. The first kappa shape index (κ1) is 20.7. The quantitative estimate of drug-likeness (QED) is 0.710. The summed E-state index contributed by atoms with van der Waals surface area (Å²) in [7, 11) is 1.48. The maximum Gasteiger partial charge on any atom is 0.330 e. The Morgan fingerprint density at radius 1 is 1.37 bits per heavy atom. The maximum absolute atomic E-state index is 13.0. The van der Waals surface area contributed by atoms with Crippen molar-refractivity contribution in [1.82, 2.24) is 9.55 Å². The molecule has 2 rings (SSSR count). The Morgan fingerprint density at radius 2 is 2.11 bits per heavy atom. The summed E-state index contributed by atoms with van der Waals surface area (Å²) in [5.41, 5.74) is 5.02. The number of hydrogen-bond donors (Lipinski definition) is 2. The summed E-state index contributed by atoms with van der Waals surface area (Å²) < 4.78 is 6.33. The van der Waals surface area contributed by atoms with Crippen molar-refractivity contribution in [2.75, 3.05) is 30.9 Å². The second kappa shape index (κ2) is 9.38. The molecule has 0 atom stereocenters. The molecule has 0 unspecified atom stereocenters. The number of nitrogens with zero attached hydrogens (tertiary/aromatic N) is 2. The number of amides is 1. The Labute approximate surface area is 161 Å². The van der Waals surface area contributed by atoms with Gasteiger partial charge >= 0.3 is 5.69 Å². The molecule has 2 aromatic rings. The predicted octanol–water partition coefficient (Wildman–Crippen LogP) is 1.87. The summed E-state index contributed by atoms with van der Waals surface area (Å²) in [5.74, 6) is -0.517. The Bertz CT molecular complexity index is 922. The van der Waals surface area contributed by atoms with Crippen molar-refractivity contribution >= 4 is 29.0 Å². The van der Waals surface area contributed by atoms with Crippen LogP contribution in [0.25, 0.3) is 0 Å². The number of benzene rings is 1. The van der Waals surface area contributed by atoms with Gasteiger partial charge in [-0.25, -0.2) is 4.79 Å². The molecule has 146 valence electrons. The molecule has 0 aliphatic heterocycles. The minimum absolute atomic E-state index is 0.0521. The second-order valence-corrected chi connectivity index (χ2v) is 6.39. The topological polar surface area (TPSA) is 110 Å². The summed E-state index contributed by atoms with van der Waals surface area (Å²) in [5, 5.41) is 0.391. The van der Waals surface area contributed by atoms with Gasteiger partial charge in [-0.05, 0) is 24.6 Å². The highest BCUT2D eigenvalue weighted by molar-refractivity contribution is 6.31. The number of carbonyl (C=O) groups is 1. The Balaban J connectivity index is 2.58. The number of aromatic nitrogens is 2. The van der Waals surface area contributed by atoms with Crippen LogP contribution in [0.15, 0.2) is 33.9 Å². The van der Waals surface area contributed by atoms with Crippen molar-refractivity contribution in [2.24, 2.45) is 0 Å². The van der Waals surface area contributed by atoms with Gasteiger partial charge in [0.1, 0.15) is 5.82 Å². The number of ether oxygens (including phenoxy) is 1. The van der Waals surface area contributed by atoms with Crippen LogP contribution in [-0.4, -0.2) is 35.7 Å². The van der Waals surface area contributed by atoms with Crippen molar-refractivity contribution in [3.63, 3.8) is 0 Å². The first-order valence-electron chi connectivity index (χ1n) is 8.59. The molecule has 1 aromatic heterocycles. The molecule has 0 aliphatic carbocycles. The number of nitrogen functional groups attached to an aromatic ring is 1. The second-order valence-electron chi connectivity index (χ2n) is 5.96. The van der Waals surface area contributed by atoms with Crippen molar-refractivity contribution in [3.8, 4) is 0 Å². The molecule has 9 heteroatoms. The van der Waals surface area contributed by atoms with E-state index < -0.39 is 17.2 Å². The van der Waals surface area contributed by atoms with E-state index in [1.807, 2.05) is 6.92 Å². The van der Waals surface area contributed by atoms with Gasteiger partial charge in [0.2, 0.25) is 0 Å². The van der Waals surface area contributed by atoms with E-state index in [-0.39, 0.29) is 24.7 Å². The van der Waals surface area contributed by atoms with Gasteiger partial charge in [0, 0.05) is 30.8 Å². The minimum Gasteiger partial charge on any atom is -0.383 e. The molecule has 0 bridgehead atoms. The zero-order valence-corrected chi connectivity index (χ0v) is 16.1. The number of aromatic amines is 1. The van der Waals surface area contributed by atoms with Gasteiger partial charge in [-0.15, -0.1) is 0 Å². The molecule has 8 nitrogen and oxygen atoms in total. The first-order chi connectivity index (χ1) is 12.9. The van der Waals surface area contributed by atoms with Gasteiger partial charge in [-0.1, -0.05) is 31.0 Å². The van der Waals surface area contributed by atoms with Gasteiger partial charge in [-0.2, -0.15) is 0 Å². The van der Waals surface area contributed by atoms with E-state index in [1.54, 1.807) is 18.2 Å². The van der Waals surface area contributed by atoms with Gasteiger partial charge in [0.05, 0.1) is 6.61 Å². The molecule has 1 amide bonds. The molecule has 3 N–H and O–H groups in total.